The first-order valence-electron chi connectivity index (χ1n) is 6.45. The molecule has 0 bridgehead atoms. The van der Waals surface area contributed by atoms with Crippen molar-refractivity contribution in [2.45, 2.75) is 13.8 Å². The van der Waals surface area contributed by atoms with E-state index in [1.165, 1.54) is 6.20 Å². The summed E-state index contributed by atoms with van der Waals surface area (Å²) in [6, 6.07) is 0. The van der Waals surface area contributed by atoms with Crippen molar-refractivity contribution in [2.75, 3.05) is 13.8 Å². The molecule has 0 rings (SSSR count). The largest absolute Gasteiger partial charge is 0.445 e. The number of halogens is 1. The van der Waals surface area contributed by atoms with Gasteiger partial charge in [-0.15, -0.1) is 0 Å². The smallest absolute Gasteiger partial charge is 0.411 e. The number of hydrogen-bond donors (Lipinski definition) is 1. The van der Waals surface area contributed by atoms with Crippen LogP contribution in [0.4, 0.5) is 9.18 Å². The van der Waals surface area contributed by atoms with Crippen LogP contribution in [0.25, 0.3) is 0 Å². The van der Waals surface area contributed by atoms with Gasteiger partial charge < -0.3 is 4.74 Å². The van der Waals surface area contributed by atoms with E-state index in [-0.39, 0.29) is 8.03 Å². The van der Waals surface area contributed by atoms with Crippen LogP contribution in [0.5, 0.6) is 0 Å². The molecule has 0 radical (unpaired) electrons. The summed E-state index contributed by atoms with van der Waals surface area (Å²) in [7, 11) is 0.500. The van der Waals surface area contributed by atoms with Crippen molar-refractivity contribution in [3.63, 3.8) is 0 Å². The number of amides is 1. The van der Waals surface area contributed by atoms with Crippen molar-refractivity contribution in [1.82, 2.24) is 5.32 Å². The van der Waals surface area contributed by atoms with E-state index in [2.05, 4.69) is 25.1 Å². The predicted molar refractivity (Wildman–Crippen MR) is 91.9 cm³/mol. The Labute approximate surface area is 129 Å². The number of carbonyl (C=O) groups excluding carboxylic acids is 1. The van der Waals surface area contributed by atoms with Crippen LogP contribution in [0.1, 0.15) is 15.3 Å². The Kier molecular flexibility index (Phi) is 25.7. The third-order valence-corrected chi connectivity index (χ3v) is 1.61. The van der Waals surface area contributed by atoms with Crippen molar-refractivity contribution < 1.29 is 15.3 Å². The molecule has 0 heterocycles. The summed E-state index contributed by atoms with van der Waals surface area (Å²) in [6.45, 7) is 14.8. The molecule has 0 fully saturated rings. The summed E-state index contributed by atoms with van der Waals surface area (Å²) < 4.78 is 14.3. The number of ether oxygens (including phenoxy) is 1. The van der Waals surface area contributed by atoms with E-state index in [0.717, 1.165) is 5.57 Å². The summed E-state index contributed by atoms with van der Waals surface area (Å²) in [5, 5.41) is 2.30. The Bertz CT molecular complexity index is 375. The zero-order valence-corrected chi connectivity index (χ0v) is 13.1. The topological polar surface area (TPSA) is 38.3 Å². The van der Waals surface area contributed by atoms with E-state index in [4.69, 9.17) is 4.74 Å². The molecule has 4 heteroatoms. The highest BCUT2D eigenvalue weighted by molar-refractivity contribution is 5.68. The molecule has 0 aromatic carbocycles. The molecule has 0 unspecified atom stereocenters. The molecule has 1 N–H and O–H groups in total. The van der Waals surface area contributed by atoms with Crippen LogP contribution in [0.3, 0.4) is 0 Å². The molecule has 120 valence electrons. The van der Waals surface area contributed by atoms with Crippen molar-refractivity contribution in [1.29, 1.82) is 0 Å². The fraction of sp³-hybridized carbons (Fsp3) is 0.235. The number of alkyl carbamates (subject to hydrolysis) is 1. The molecular formula is C17H28FNO2. The summed E-state index contributed by atoms with van der Waals surface area (Å²) in [5.41, 5.74) is 0.954. The van der Waals surface area contributed by atoms with Crippen LogP contribution in [0.2, 0.25) is 0 Å². The number of rotatable bonds is 7. The van der Waals surface area contributed by atoms with Crippen LogP contribution >= 0.6 is 0 Å². The second kappa shape index (κ2) is 22.8. The van der Waals surface area contributed by atoms with Gasteiger partial charge in [0.1, 0.15) is 6.61 Å². The zero-order valence-electron chi connectivity index (χ0n) is 13.1. The fourth-order valence-corrected chi connectivity index (χ4v) is 0.877. The maximum atomic E-state index is 10.8. The Hall–Kier alpha value is -2.36. The van der Waals surface area contributed by atoms with Gasteiger partial charge in [-0.25, -0.2) is 4.79 Å². The van der Waals surface area contributed by atoms with E-state index in [0.29, 0.717) is 7.18 Å². The van der Waals surface area contributed by atoms with Crippen molar-refractivity contribution in [3.8, 4) is 0 Å². The third-order valence-electron chi connectivity index (χ3n) is 1.61. The highest BCUT2D eigenvalue weighted by Crippen LogP contribution is 1.98. The molecule has 0 aromatic rings. The molecule has 21 heavy (non-hydrogen) atoms. The summed E-state index contributed by atoms with van der Waals surface area (Å²) in [5.74, 6) is 0. The minimum atomic E-state index is -0.521. The Morgan fingerprint density at radius 2 is 1.86 bits per heavy atom. The van der Waals surface area contributed by atoms with Gasteiger partial charge in [0.15, 0.2) is 0 Å². The van der Waals surface area contributed by atoms with Gasteiger partial charge in [0.05, 0.1) is 7.18 Å². The normalized spacial score (nSPS) is 9.81. The van der Waals surface area contributed by atoms with Crippen LogP contribution in [0, 0.1) is 0 Å². The van der Waals surface area contributed by atoms with Crippen LogP contribution in [0.15, 0.2) is 74.0 Å². The first-order chi connectivity index (χ1) is 10.2. The average Bonchev–Trinajstić information content (AvgIpc) is 2.53. The second-order valence-corrected chi connectivity index (χ2v) is 2.84. The molecule has 3 nitrogen and oxygen atoms in total. The number of alkyl halides is 1. The molecular weight excluding hydrogens is 269 g/mol. The lowest BCUT2D eigenvalue weighted by Crippen LogP contribution is -2.17. The quantitative estimate of drug-likeness (QED) is 0.662. The average molecular weight is 297 g/mol. The van der Waals surface area contributed by atoms with E-state index < -0.39 is 6.09 Å². The fourth-order valence-electron chi connectivity index (χ4n) is 0.877. The second-order valence-electron chi connectivity index (χ2n) is 2.84. The molecule has 0 atom stereocenters. The molecule has 0 aliphatic heterocycles. The van der Waals surface area contributed by atoms with Gasteiger partial charge >= 0.3 is 6.09 Å². The first kappa shape index (κ1) is 23.7. The number of hydrogen-bond acceptors (Lipinski definition) is 2. The zero-order chi connectivity index (χ0) is 16.9. The minimum Gasteiger partial charge on any atom is -0.445 e. The predicted octanol–water partition coefficient (Wildman–Crippen LogP) is 5.12. The third kappa shape index (κ3) is 20.1. The lowest BCUT2D eigenvalue weighted by atomic mass is 10.2. The van der Waals surface area contributed by atoms with Gasteiger partial charge in [0.2, 0.25) is 0 Å². The van der Waals surface area contributed by atoms with Gasteiger partial charge in [-0.1, -0.05) is 70.0 Å². The van der Waals surface area contributed by atoms with Gasteiger partial charge in [0, 0.05) is 1.43 Å². The SMILES string of the molecule is C=C/C=C(C=C)/C=C/C=C/COC(=O)NC=C.CC.CF.[HH]. The number of allylic oxidation sites excluding steroid dienone is 7. The van der Waals surface area contributed by atoms with Crippen LogP contribution in [-0.2, 0) is 4.74 Å². The Morgan fingerprint density at radius 1 is 1.24 bits per heavy atom. The lowest BCUT2D eigenvalue weighted by Gasteiger charge is -1.98. The van der Waals surface area contributed by atoms with Gasteiger partial charge in [-0.05, 0) is 17.8 Å². The molecule has 1 amide bonds. The maximum Gasteiger partial charge on any atom is 0.411 e. The highest BCUT2D eigenvalue weighted by Gasteiger charge is 1.93. The van der Waals surface area contributed by atoms with E-state index in [9.17, 15) is 9.18 Å². The first-order valence-corrected chi connectivity index (χ1v) is 6.45. The number of carbonyl (C=O) groups is 1. The molecule has 0 aliphatic rings. The standard InChI is InChI=1S/C14H17NO2.C2H6.CH3F.H2/c1-4-10-13(5-2)11-8-7-9-12-17-14(16)15-6-3;2*1-2;/h4-11H,1-3,12H2,(H,15,16);1-2H3;1H3;1H/b9-7+,11-8+,13-10+;;;. The monoisotopic (exact) mass is 297 g/mol. The molecule has 0 aromatic heterocycles. The number of nitrogens with one attached hydrogen (secondary N) is 1. The Morgan fingerprint density at radius 3 is 2.33 bits per heavy atom. The molecule has 0 saturated carbocycles. The van der Waals surface area contributed by atoms with E-state index in [1.807, 2.05) is 32.1 Å². The molecule has 0 aliphatic carbocycles. The van der Waals surface area contributed by atoms with Crippen molar-refractivity contribution in [2.24, 2.45) is 0 Å². The van der Waals surface area contributed by atoms with Gasteiger partial charge in [-0.2, -0.15) is 0 Å². The van der Waals surface area contributed by atoms with Gasteiger partial charge in [-0.3, -0.25) is 9.71 Å². The van der Waals surface area contributed by atoms with Crippen LogP contribution in [-0.4, -0.2) is 19.9 Å². The van der Waals surface area contributed by atoms with Crippen LogP contribution < -0.4 is 5.32 Å². The summed E-state index contributed by atoms with van der Waals surface area (Å²) >= 11 is 0. The Balaban J connectivity index is -0.000000297. The summed E-state index contributed by atoms with van der Waals surface area (Å²) in [6.07, 6.45) is 13.2. The van der Waals surface area contributed by atoms with Crippen molar-refractivity contribution in [3.05, 3.63) is 74.0 Å². The minimum absolute atomic E-state index is 0. The molecule has 0 saturated heterocycles. The van der Waals surface area contributed by atoms with Crippen molar-refractivity contribution >= 4 is 6.09 Å². The highest BCUT2D eigenvalue weighted by atomic mass is 19.1. The van der Waals surface area contributed by atoms with E-state index >= 15 is 0 Å². The molecule has 0 spiro atoms. The van der Waals surface area contributed by atoms with E-state index in [1.54, 1.807) is 24.3 Å². The van der Waals surface area contributed by atoms with Gasteiger partial charge in [0.25, 0.3) is 0 Å². The summed E-state index contributed by atoms with van der Waals surface area (Å²) in [4.78, 5) is 10.8. The maximum absolute atomic E-state index is 10.8. The lowest BCUT2D eigenvalue weighted by molar-refractivity contribution is 0.162.